The number of amides is 1. The number of fused-ring (bicyclic) bond motifs is 2. The third kappa shape index (κ3) is 3.18. The Morgan fingerprint density at radius 3 is 2.84 bits per heavy atom. The molecule has 2 N–H and O–H groups in total. The zero-order valence-electron chi connectivity index (χ0n) is 11.2. The van der Waals surface area contributed by atoms with Crippen LogP contribution in [0.5, 0.6) is 0 Å². The van der Waals surface area contributed by atoms with Crippen LogP contribution < -0.4 is 10.6 Å². The van der Waals surface area contributed by atoms with E-state index in [9.17, 15) is 4.79 Å². The van der Waals surface area contributed by atoms with Gasteiger partial charge in [-0.05, 0) is 55.1 Å². The van der Waals surface area contributed by atoms with E-state index in [1.165, 1.54) is 24.1 Å². The third-order valence-corrected chi connectivity index (χ3v) is 5.51. The van der Waals surface area contributed by atoms with Crippen molar-refractivity contribution in [3.05, 3.63) is 22.4 Å². The fourth-order valence-corrected chi connectivity index (χ4v) is 4.28. The van der Waals surface area contributed by atoms with Crippen molar-refractivity contribution < 1.29 is 4.79 Å². The molecule has 3 rings (SSSR count). The molecule has 2 unspecified atom stereocenters. The highest BCUT2D eigenvalue weighted by Gasteiger charge is 2.37. The largest absolute Gasteiger partial charge is 0.351 e. The highest BCUT2D eigenvalue weighted by molar-refractivity contribution is 7.09. The van der Waals surface area contributed by atoms with Crippen molar-refractivity contribution in [3.8, 4) is 0 Å². The van der Waals surface area contributed by atoms with Crippen molar-refractivity contribution >= 4 is 17.2 Å². The number of carbonyl (C=O) groups excluding carboxylic acids is 1. The predicted molar refractivity (Wildman–Crippen MR) is 78.0 cm³/mol. The molecule has 2 atom stereocenters. The van der Waals surface area contributed by atoms with Crippen LogP contribution in [0.2, 0.25) is 0 Å². The maximum absolute atomic E-state index is 12.1. The van der Waals surface area contributed by atoms with Crippen molar-refractivity contribution in [2.45, 2.75) is 32.2 Å². The minimum absolute atomic E-state index is 0.234. The summed E-state index contributed by atoms with van der Waals surface area (Å²) in [6.07, 6.45) is 4.67. The first-order valence-electron chi connectivity index (χ1n) is 7.32. The molecule has 0 aromatic carbocycles. The predicted octanol–water partition coefficient (Wildman–Crippen LogP) is 2.39. The van der Waals surface area contributed by atoms with E-state index >= 15 is 0 Å². The van der Waals surface area contributed by atoms with E-state index in [1.54, 1.807) is 11.3 Å². The first kappa shape index (κ1) is 13.1. The molecule has 1 aliphatic carbocycles. The molecule has 3 nitrogen and oxygen atoms in total. The SMILES string of the molecule is O=C(CC1C2CCCC1CNC2)NCc1cccs1. The Balaban J connectivity index is 1.51. The molecular weight excluding hydrogens is 256 g/mol. The fourth-order valence-electron chi connectivity index (χ4n) is 3.63. The van der Waals surface area contributed by atoms with Gasteiger partial charge >= 0.3 is 0 Å². The van der Waals surface area contributed by atoms with E-state index in [0.717, 1.165) is 31.3 Å². The summed E-state index contributed by atoms with van der Waals surface area (Å²) in [6, 6.07) is 4.10. The zero-order valence-corrected chi connectivity index (χ0v) is 12.0. The van der Waals surface area contributed by atoms with E-state index < -0.39 is 0 Å². The molecule has 104 valence electrons. The third-order valence-electron chi connectivity index (χ3n) is 4.63. The fraction of sp³-hybridized carbons (Fsp3) is 0.667. The second kappa shape index (κ2) is 6.06. The molecule has 1 aromatic rings. The van der Waals surface area contributed by atoms with Gasteiger partial charge in [0.15, 0.2) is 0 Å². The maximum atomic E-state index is 12.1. The zero-order chi connectivity index (χ0) is 13.1. The summed E-state index contributed by atoms with van der Waals surface area (Å²) in [5.74, 6) is 2.29. The van der Waals surface area contributed by atoms with Crippen LogP contribution in [0.25, 0.3) is 0 Å². The van der Waals surface area contributed by atoms with Crippen LogP contribution in [0, 0.1) is 17.8 Å². The Kier molecular flexibility index (Phi) is 4.18. The van der Waals surface area contributed by atoms with Gasteiger partial charge in [-0.3, -0.25) is 4.79 Å². The lowest BCUT2D eigenvalue weighted by molar-refractivity contribution is -0.123. The summed E-state index contributed by atoms with van der Waals surface area (Å²) < 4.78 is 0. The van der Waals surface area contributed by atoms with Crippen molar-refractivity contribution in [1.82, 2.24) is 10.6 Å². The van der Waals surface area contributed by atoms with Gasteiger partial charge < -0.3 is 10.6 Å². The van der Waals surface area contributed by atoms with Crippen molar-refractivity contribution in [3.63, 3.8) is 0 Å². The molecule has 1 aromatic heterocycles. The molecule has 2 aliphatic rings. The van der Waals surface area contributed by atoms with Gasteiger partial charge in [-0.25, -0.2) is 0 Å². The van der Waals surface area contributed by atoms with E-state index in [-0.39, 0.29) is 5.91 Å². The normalized spacial score (nSPS) is 30.0. The lowest BCUT2D eigenvalue weighted by Crippen LogP contribution is -2.47. The number of piperidine rings is 1. The van der Waals surface area contributed by atoms with Crippen LogP contribution in [0.4, 0.5) is 0 Å². The molecule has 1 saturated carbocycles. The van der Waals surface area contributed by atoms with Gasteiger partial charge in [-0.2, -0.15) is 0 Å². The van der Waals surface area contributed by atoms with Gasteiger partial charge in [0, 0.05) is 11.3 Å². The average Bonchev–Trinajstić information content (AvgIpc) is 2.89. The average molecular weight is 278 g/mol. The summed E-state index contributed by atoms with van der Waals surface area (Å²) in [5.41, 5.74) is 0. The van der Waals surface area contributed by atoms with E-state index in [0.29, 0.717) is 12.5 Å². The van der Waals surface area contributed by atoms with E-state index in [2.05, 4.69) is 22.1 Å². The molecule has 0 spiro atoms. The van der Waals surface area contributed by atoms with Crippen LogP contribution in [-0.4, -0.2) is 19.0 Å². The Morgan fingerprint density at radius 2 is 2.16 bits per heavy atom. The Morgan fingerprint density at radius 1 is 1.37 bits per heavy atom. The van der Waals surface area contributed by atoms with Crippen molar-refractivity contribution in [2.24, 2.45) is 17.8 Å². The lowest BCUT2D eigenvalue weighted by Gasteiger charge is -2.42. The van der Waals surface area contributed by atoms with Gasteiger partial charge in [0.1, 0.15) is 0 Å². The lowest BCUT2D eigenvalue weighted by atomic mass is 9.68. The standard InChI is InChI=1S/C15H22N2OS/c18-15(17-10-13-5-2-6-19-13)7-14-11-3-1-4-12(14)9-16-8-11/h2,5-6,11-12,14,16H,1,3-4,7-10H2,(H,17,18). The first-order valence-corrected chi connectivity index (χ1v) is 8.20. The number of hydrogen-bond donors (Lipinski definition) is 2. The summed E-state index contributed by atoms with van der Waals surface area (Å²) in [4.78, 5) is 13.3. The van der Waals surface area contributed by atoms with Crippen LogP contribution in [0.3, 0.4) is 0 Å². The maximum Gasteiger partial charge on any atom is 0.220 e. The summed E-state index contributed by atoms with van der Waals surface area (Å²) >= 11 is 1.70. The molecule has 1 amide bonds. The minimum Gasteiger partial charge on any atom is -0.351 e. The van der Waals surface area contributed by atoms with E-state index in [4.69, 9.17) is 0 Å². The van der Waals surface area contributed by atoms with Gasteiger partial charge in [-0.1, -0.05) is 12.5 Å². The second-order valence-electron chi connectivity index (χ2n) is 5.83. The summed E-state index contributed by atoms with van der Waals surface area (Å²) in [6.45, 7) is 2.91. The van der Waals surface area contributed by atoms with Crippen LogP contribution in [-0.2, 0) is 11.3 Å². The second-order valence-corrected chi connectivity index (χ2v) is 6.87. The Hall–Kier alpha value is -0.870. The molecular formula is C15H22N2OS. The highest BCUT2D eigenvalue weighted by Crippen LogP contribution is 2.38. The van der Waals surface area contributed by atoms with Crippen LogP contribution in [0.1, 0.15) is 30.6 Å². The molecule has 4 heteroatoms. The minimum atomic E-state index is 0.234. The number of thiophene rings is 1. The quantitative estimate of drug-likeness (QED) is 0.888. The van der Waals surface area contributed by atoms with Gasteiger partial charge in [0.25, 0.3) is 0 Å². The number of hydrogen-bond acceptors (Lipinski definition) is 3. The highest BCUT2D eigenvalue weighted by atomic mass is 32.1. The summed E-state index contributed by atoms with van der Waals surface area (Å²) in [5, 5.41) is 8.64. The Labute approximate surface area is 118 Å². The van der Waals surface area contributed by atoms with Crippen LogP contribution in [0.15, 0.2) is 17.5 Å². The number of nitrogens with one attached hydrogen (secondary N) is 2. The number of carbonyl (C=O) groups is 1. The smallest absolute Gasteiger partial charge is 0.220 e. The van der Waals surface area contributed by atoms with Crippen molar-refractivity contribution in [1.29, 1.82) is 0 Å². The molecule has 19 heavy (non-hydrogen) atoms. The van der Waals surface area contributed by atoms with Crippen LogP contribution >= 0.6 is 11.3 Å². The van der Waals surface area contributed by atoms with Gasteiger partial charge in [0.2, 0.25) is 5.91 Å². The number of rotatable bonds is 4. The molecule has 1 saturated heterocycles. The Bertz CT molecular complexity index is 396. The molecule has 2 fully saturated rings. The monoisotopic (exact) mass is 278 g/mol. The molecule has 0 radical (unpaired) electrons. The van der Waals surface area contributed by atoms with Crippen molar-refractivity contribution in [2.75, 3.05) is 13.1 Å². The summed E-state index contributed by atoms with van der Waals surface area (Å²) in [7, 11) is 0. The molecule has 2 bridgehead atoms. The van der Waals surface area contributed by atoms with E-state index in [1.807, 2.05) is 6.07 Å². The molecule has 1 aliphatic heterocycles. The topological polar surface area (TPSA) is 41.1 Å². The molecule has 2 heterocycles. The van der Waals surface area contributed by atoms with Gasteiger partial charge in [-0.15, -0.1) is 11.3 Å². The first-order chi connectivity index (χ1) is 9.33. The van der Waals surface area contributed by atoms with Gasteiger partial charge in [0.05, 0.1) is 6.54 Å².